The fourth-order valence-electron chi connectivity index (χ4n) is 0.694. The molecule has 0 spiro atoms. The Morgan fingerprint density at radius 2 is 1.92 bits per heavy atom. The number of allylic oxidation sites excluding steroid dienone is 1. The molecule has 0 aromatic rings. The molecule has 0 heterocycles. The lowest BCUT2D eigenvalue weighted by Gasteiger charge is -1.99. The minimum atomic E-state index is -1.65. The molecule has 0 aromatic heterocycles. The Labute approximate surface area is 70.2 Å². The van der Waals surface area contributed by atoms with Crippen molar-refractivity contribution in [2.75, 3.05) is 7.11 Å². The Bertz CT molecular complexity index is 183. The molecule has 0 atom stereocenters. The maximum atomic E-state index is 11.8. The van der Waals surface area contributed by atoms with Gasteiger partial charge in [-0.25, -0.2) is 0 Å². The largest absolute Gasteiger partial charge is 0.469 e. The monoisotopic (exact) mass is 178 g/mol. The van der Waals surface area contributed by atoms with Gasteiger partial charge in [0, 0.05) is 6.42 Å². The smallest absolute Gasteiger partial charge is 0.305 e. The second kappa shape index (κ2) is 5.69. The molecule has 4 heteroatoms. The molecule has 0 bridgehead atoms. The van der Waals surface area contributed by atoms with Crippen molar-refractivity contribution >= 4 is 5.97 Å². The van der Waals surface area contributed by atoms with E-state index in [1.54, 1.807) is 0 Å². The van der Waals surface area contributed by atoms with Gasteiger partial charge in [0.05, 0.1) is 7.11 Å². The van der Waals surface area contributed by atoms with Crippen LogP contribution in [-0.4, -0.2) is 13.1 Å². The fourth-order valence-corrected chi connectivity index (χ4v) is 0.694. The quantitative estimate of drug-likeness (QED) is 0.618. The van der Waals surface area contributed by atoms with Crippen LogP contribution in [0.2, 0.25) is 0 Å². The molecule has 0 rings (SSSR count). The molecule has 0 aliphatic carbocycles. The maximum absolute atomic E-state index is 11.8. The van der Waals surface area contributed by atoms with E-state index in [9.17, 15) is 13.6 Å². The van der Waals surface area contributed by atoms with Crippen LogP contribution >= 0.6 is 0 Å². The van der Waals surface area contributed by atoms with Crippen molar-refractivity contribution in [1.82, 2.24) is 0 Å². The number of rotatable bonds is 4. The van der Waals surface area contributed by atoms with Crippen molar-refractivity contribution in [3.8, 4) is 0 Å². The molecule has 0 saturated heterocycles. The zero-order valence-corrected chi connectivity index (χ0v) is 7.19. The van der Waals surface area contributed by atoms with Gasteiger partial charge in [0.1, 0.15) is 0 Å². The third-order valence-corrected chi connectivity index (χ3v) is 1.48. The van der Waals surface area contributed by atoms with Crippen molar-refractivity contribution in [3.63, 3.8) is 0 Å². The molecule has 0 fully saturated rings. The number of hydrogen-bond donors (Lipinski definition) is 0. The highest BCUT2D eigenvalue weighted by Crippen LogP contribution is 2.13. The highest BCUT2D eigenvalue weighted by molar-refractivity contribution is 5.69. The van der Waals surface area contributed by atoms with E-state index in [2.05, 4.69) is 4.74 Å². The summed E-state index contributed by atoms with van der Waals surface area (Å²) in [6.07, 6.45) is -0.797. The summed E-state index contributed by atoms with van der Waals surface area (Å²) in [5.74, 6) is -0.359. The van der Waals surface area contributed by atoms with Gasteiger partial charge in [-0.05, 0) is 25.3 Å². The van der Waals surface area contributed by atoms with Crippen molar-refractivity contribution in [1.29, 1.82) is 0 Å². The molecule has 0 N–H and O–H groups in total. The third kappa shape index (κ3) is 4.82. The van der Waals surface area contributed by atoms with Gasteiger partial charge in [-0.15, -0.1) is 0 Å². The summed E-state index contributed by atoms with van der Waals surface area (Å²) in [4.78, 5) is 10.5. The van der Waals surface area contributed by atoms with Crippen LogP contribution in [0.25, 0.3) is 0 Å². The molecule has 70 valence electrons. The minimum absolute atomic E-state index is 0.0407. The Morgan fingerprint density at radius 1 is 1.33 bits per heavy atom. The zero-order chi connectivity index (χ0) is 9.56. The van der Waals surface area contributed by atoms with E-state index < -0.39 is 6.08 Å². The number of carbonyl (C=O) groups is 1. The lowest BCUT2D eigenvalue weighted by molar-refractivity contribution is -0.140. The molecule has 0 amide bonds. The van der Waals surface area contributed by atoms with Crippen LogP contribution in [0, 0.1) is 0 Å². The van der Waals surface area contributed by atoms with Crippen molar-refractivity contribution in [3.05, 3.63) is 11.7 Å². The second-order valence-electron chi connectivity index (χ2n) is 2.47. The molecule has 0 radical (unpaired) electrons. The molecule has 0 aliphatic heterocycles. The Kier molecular flexibility index (Phi) is 5.25. The summed E-state index contributed by atoms with van der Waals surface area (Å²) in [6.45, 7) is 1.35. The summed E-state index contributed by atoms with van der Waals surface area (Å²) in [7, 11) is 1.28. The lowest BCUT2D eigenvalue weighted by atomic mass is 10.1. The average molecular weight is 178 g/mol. The van der Waals surface area contributed by atoms with Crippen LogP contribution in [0.3, 0.4) is 0 Å². The van der Waals surface area contributed by atoms with Crippen molar-refractivity contribution < 1.29 is 18.3 Å². The van der Waals surface area contributed by atoms with Crippen molar-refractivity contribution in [2.45, 2.75) is 26.2 Å². The van der Waals surface area contributed by atoms with Gasteiger partial charge in [0.15, 0.2) is 0 Å². The Morgan fingerprint density at radius 3 is 2.33 bits per heavy atom. The number of ether oxygens (including phenoxy) is 1. The SMILES string of the molecule is COC(=O)CCCC(C)=C(F)F. The van der Waals surface area contributed by atoms with Crippen LogP contribution in [0.5, 0.6) is 0 Å². The van der Waals surface area contributed by atoms with Crippen LogP contribution < -0.4 is 0 Å². The van der Waals surface area contributed by atoms with Gasteiger partial charge in [-0.3, -0.25) is 4.79 Å². The Balaban J connectivity index is 3.58. The molecule has 0 aliphatic rings. The summed E-state index contributed by atoms with van der Waals surface area (Å²) >= 11 is 0. The molecule has 2 nitrogen and oxygen atoms in total. The maximum Gasteiger partial charge on any atom is 0.305 e. The molecule has 0 saturated carbocycles. The molecule has 0 aromatic carbocycles. The van der Waals surface area contributed by atoms with E-state index >= 15 is 0 Å². The lowest BCUT2D eigenvalue weighted by Crippen LogP contribution is -1.99. The molecule has 12 heavy (non-hydrogen) atoms. The first-order valence-electron chi connectivity index (χ1n) is 3.65. The normalized spacial score (nSPS) is 9.33. The summed E-state index contributed by atoms with van der Waals surface area (Å²) in [5, 5.41) is 0. The third-order valence-electron chi connectivity index (χ3n) is 1.48. The average Bonchev–Trinajstić information content (AvgIpc) is 2.03. The predicted octanol–water partition coefficient (Wildman–Crippen LogP) is 2.50. The Hall–Kier alpha value is -0.930. The second-order valence-corrected chi connectivity index (χ2v) is 2.47. The summed E-state index contributed by atoms with van der Waals surface area (Å²) < 4.78 is 27.9. The molecular formula is C8H12F2O2. The fraction of sp³-hybridized carbons (Fsp3) is 0.625. The van der Waals surface area contributed by atoms with Gasteiger partial charge in [-0.2, -0.15) is 8.78 Å². The first kappa shape index (κ1) is 11.1. The van der Waals surface area contributed by atoms with E-state index in [1.165, 1.54) is 14.0 Å². The number of hydrogen-bond acceptors (Lipinski definition) is 2. The number of halogens is 2. The highest BCUT2D eigenvalue weighted by Gasteiger charge is 2.03. The minimum Gasteiger partial charge on any atom is -0.469 e. The van der Waals surface area contributed by atoms with Crippen LogP contribution in [0.4, 0.5) is 8.78 Å². The van der Waals surface area contributed by atoms with E-state index in [4.69, 9.17) is 0 Å². The highest BCUT2D eigenvalue weighted by atomic mass is 19.3. The van der Waals surface area contributed by atoms with Gasteiger partial charge in [0.2, 0.25) is 0 Å². The number of carbonyl (C=O) groups excluding carboxylic acids is 1. The van der Waals surface area contributed by atoms with Gasteiger partial charge >= 0.3 is 5.97 Å². The first-order chi connectivity index (χ1) is 5.57. The van der Waals surface area contributed by atoms with E-state index in [-0.39, 0.29) is 24.4 Å². The predicted molar refractivity (Wildman–Crippen MR) is 40.8 cm³/mol. The molecule has 0 unspecified atom stereocenters. The van der Waals surface area contributed by atoms with Crippen LogP contribution in [0.1, 0.15) is 26.2 Å². The molecular weight excluding hydrogens is 166 g/mol. The van der Waals surface area contributed by atoms with Crippen LogP contribution in [-0.2, 0) is 9.53 Å². The topological polar surface area (TPSA) is 26.3 Å². The van der Waals surface area contributed by atoms with Gasteiger partial charge in [-0.1, -0.05) is 0 Å². The first-order valence-corrected chi connectivity index (χ1v) is 3.65. The van der Waals surface area contributed by atoms with Crippen LogP contribution in [0.15, 0.2) is 11.7 Å². The van der Waals surface area contributed by atoms with Crippen molar-refractivity contribution in [2.24, 2.45) is 0 Å². The van der Waals surface area contributed by atoms with E-state index in [0.29, 0.717) is 6.42 Å². The zero-order valence-electron chi connectivity index (χ0n) is 7.19. The number of methoxy groups -OCH3 is 1. The summed E-state index contributed by atoms with van der Waals surface area (Å²) in [6, 6.07) is 0. The summed E-state index contributed by atoms with van der Waals surface area (Å²) in [5.41, 5.74) is 0.0407. The standard InChI is InChI=1S/C8H12F2O2/c1-6(8(9)10)4-3-5-7(11)12-2/h3-5H2,1-2H3. The van der Waals surface area contributed by atoms with Gasteiger partial charge in [0.25, 0.3) is 6.08 Å². The van der Waals surface area contributed by atoms with Gasteiger partial charge < -0.3 is 4.74 Å². The number of esters is 1. The van der Waals surface area contributed by atoms with E-state index in [1.807, 2.05) is 0 Å². The van der Waals surface area contributed by atoms with E-state index in [0.717, 1.165) is 0 Å².